The van der Waals surface area contributed by atoms with Gasteiger partial charge in [-0.15, -0.1) is 12.4 Å². The fraction of sp³-hybridized carbons (Fsp3) is 0.462. The molecule has 0 saturated carbocycles. The molecule has 19 heavy (non-hydrogen) atoms. The molecule has 2 rings (SSSR count). The van der Waals surface area contributed by atoms with Crippen LogP contribution in [0.1, 0.15) is 6.92 Å². The number of carbonyl (C=O) groups excluding carboxylic acids is 1. The summed E-state index contributed by atoms with van der Waals surface area (Å²) in [5, 5.41) is 0.738. The maximum Gasteiger partial charge on any atom is 0.239 e. The van der Waals surface area contributed by atoms with Crippen LogP contribution in [0.2, 0.25) is 5.02 Å². The Morgan fingerprint density at radius 2 is 1.95 bits per heavy atom. The predicted molar refractivity (Wildman–Crippen MR) is 81.1 cm³/mol. The third-order valence-electron chi connectivity index (χ3n) is 3.15. The van der Waals surface area contributed by atoms with Crippen molar-refractivity contribution in [2.45, 2.75) is 13.0 Å². The van der Waals surface area contributed by atoms with Gasteiger partial charge in [-0.05, 0) is 25.1 Å². The molecule has 0 radical (unpaired) electrons. The molecule has 6 heteroatoms. The standard InChI is InChI=1S/C13H18ClN3O.ClH/c1-10(15)13(18)17-7-5-16(6-8-17)12-4-2-3-11(14)9-12;/h2-4,9-10H,5-8,15H2,1H3;1H/t10-;/m1./s1. The van der Waals surface area contributed by atoms with Crippen molar-refractivity contribution in [3.8, 4) is 0 Å². The number of rotatable bonds is 2. The second-order valence-corrected chi connectivity index (χ2v) is 5.02. The van der Waals surface area contributed by atoms with Crippen LogP contribution < -0.4 is 10.6 Å². The highest BCUT2D eigenvalue weighted by Crippen LogP contribution is 2.20. The third-order valence-corrected chi connectivity index (χ3v) is 3.39. The summed E-state index contributed by atoms with van der Waals surface area (Å²) in [6.45, 7) is 4.79. The lowest BCUT2D eigenvalue weighted by Gasteiger charge is -2.36. The SMILES string of the molecule is C[C@@H](N)C(=O)N1CCN(c2cccc(Cl)c2)CC1.Cl. The van der Waals surface area contributed by atoms with E-state index >= 15 is 0 Å². The average Bonchev–Trinajstić information content (AvgIpc) is 2.38. The predicted octanol–water partition coefficient (Wildman–Crippen LogP) is 1.76. The van der Waals surface area contributed by atoms with Crippen molar-refractivity contribution in [3.63, 3.8) is 0 Å². The van der Waals surface area contributed by atoms with Crippen LogP contribution in [-0.2, 0) is 4.79 Å². The summed E-state index contributed by atoms with van der Waals surface area (Å²) in [6.07, 6.45) is 0. The van der Waals surface area contributed by atoms with Crippen LogP contribution in [0.15, 0.2) is 24.3 Å². The van der Waals surface area contributed by atoms with Crippen molar-refractivity contribution in [1.82, 2.24) is 4.90 Å². The zero-order valence-electron chi connectivity index (χ0n) is 10.9. The van der Waals surface area contributed by atoms with Gasteiger partial charge in [-0.1, -0.05) is 17.7 Å². The molecule has 0 aliphatic carbocycles. The number of amides is 1. The minimum absolute atomic E-state index is 0. The van der Waals surface area contributed by atoms with Crippen LogP contribution in [0.4, 0.5) is 5.69 Å². The van der Waals surface area contributed by atoms with Crippen LogP contribution in [0, 0.1) is 0 Å². The van der Waals surface area contributed by atoms with E-state index in [-0.39, 0.29) is 18.3 Å². The van der Waals surface area contributed by atoms with Gasteiger partial charge >= 0.3 is 0 Å². The minimum atomic E-state index is -0.414. The van der Waals surface area contributed by atoms with Gasteiger partial charge in [-0.25, -0.2) is 0 Å². The molecule has 2 N–H and O–H groups in total. The van der Waals surface area contributed by atoms with Crippen molar-refractivity contribution in [1.29, 1.82) is 0 Å². The van der Waals surface area contributed by atoms with E-state index in [1.54, 1.807) is 6.92 Å². The first-order valence-electron chi connectivity index (χ1n) is 6.13. The number of nitrogens with two attached hydrogens (primary N) is 1. The maximum atomic E-state index is 11.8. The Morgan fingerprint density at radius 1 is 1.32 bits per heavy atom. The van der Waals surface area contributed by atoms with Crippen molar-refractivity contribution in [2.75, 3.05) is 31.1 Å². The number of hydrogen-bond donors (Lipinski definition) is 1. The van der Waals surface area contributed by atoms with E-state index in [0.717, 1.165) is 23.8 Å². The number of anilines is 1. The molecular weight excluding hydrogens is 285 g/mol. The molecule has 1 atom stereocenters. The van der Waals surface area contributed by atoms with Crippen LogP contribution in [-0.4, -0.2) is 43.0 Å². The molecule has 1 aromatic rings. The fourth-order valence-electron chi connectivity index (χ4n) is 2.15. The van der Waals surface area contributed by atoms with Crippen molar-refractivity contribution in [3.05, 3.63) is 29.3 Å². The second kappa shape index (κ2) is 6.98. The van der Waals surface area contributed by atoms with Crippen molar-refractivity contribution < 1.29 is 4.79 Å². The molecule has 0 spiro atoms. The van der Waals surface area contributed by atoms with Gasteiger partial charge in [0.1, 0.15) is 0 Å². The Kier molecular flexibility index (Phi) is 5.91. The van der Waals surface area contributed by atoms with E-state index in [1.165, 1.54) is 0 Å². The molecule has 1 saturated heterocycles. The van der Waals surface area contributed by atoms with E-state index in [2.05, 4.69) is 4.90 Å². The molecule has 0 aromatic heterocycles. The van der Waals surface area contributed by atoms with E-state index in [4.69, 9.17) is 17.3 Å². The molecule has 1 amide bonds. The Balaban J connectivity index is 0.00000180. The number of nitrogens with zero attached hydrogens (tertiary/aromatic N) is 2. The van der Waals surface area contributed by atoms with Gasteiger partial charge in [0.25, 0.3) is 0 Å². The quantitative estimate of drug-likeness (QED) is 0.906. The minimum Gasteiger partial charge on any atom is -0.368 e. The number of benzene rings is 1. The molecule has 4 nitrogen and oxygen atoms in total. The van der Waals surface area contributed by atoms with E-state index < -0.39 is 6.04 Å². The van der Waals surface area contributed by atoms with Gasteiger partial charge in [0.15, 0.2) is 0 Å². The van der Waals surface area contributed by atoms with Gasteiger partial charge in [0, 0.05) is 36.9 Å². The molecule has 1 heterocycles. The van der Waals surface area contributed by atoms with E-state index in [0.29, 0.717) is 13.1 Å². The molecule has 0 unspecified atom stereocenters. The summed E-state index contributed by atoms with van der Waals surface area (Å²) in [5.74, 6) is 0.0285. The summed E-state index contributed by atoms with van der Waals surface area (Å²) in [4.78, 5) is 15.8. The topological polar surface area (TPSA) is 49.6 Å². The maximum absolute atomic E-state index is 11.8. The monoisotopic (exact) mass is 303 g/mol. The van der Waals surface area contributed by atoms with Crippen LogP contribution in [0.5, 0.6) is 0 Å². The van der Waals surface area contributed by atoms with Crippen LogP contribution >= 0.6 is 24.0 Å². The molecule has 1 fully saturated rings. The van der Waals surface area contributed by atoms with Crippen LogP contribution in [0.3, 0.4) is 0 Å². The second-order valence-electron chi connectivity index (χ2n) is 4.58. The number of halogens is 2. The summed E-state index contributed by atoms with van der Waals surface area (Å²) < 4.78 is 0. The Labute approximate surface area is 124 Å². The third kappa shape index (κ3) is 4.00. The lowest BCUT2D eigenvalue weighted by atomic mass is 10.2. The average molecular weight is 304 g/mol. The lowest BCUT2D eigenvalue weighted by molar-refractivity contribution is -0.132. The van der Waals surface area contributed by atoms with Crippen molar-refractivity contribution >= 4 is 35.6 Å². The van der Waals surface area contributed by atoms with Crippen molar-refractivity contribution in [2.24, 2.45) is 5.73 Å². The Morgan fingerprint density at radius 3 is 2.47 bits per heavy atom. The van der Waals surface area contributed by atoms with Gasteiger partial charge in [-0.2, -0.15) is 0 Å². The normalized spacial score (nSPS) is 16.8. The summed E-state index contributed by atoms with van der Waals surface area (Å²) in [6, 6.07) is 7.38. The largest absolute Gasteiger partial charge is 0.368 e. The summed E-state index contributed by atoms with van der Waals surface area (Å²) >= 11 is 5.98. The lowest BCUT2D eigenvalue weighted by Crippen LogP contribution is -2.52. The number of hydrogen-bond acceptors (Lipinski definition) is 3. The number of piperazine rings is 1. The zero-order chi connectivity index (χ0) is 13.1. The molecule has 1 aliphatic rings. The first-order valence-corrected chi connectivity index (χ1v) is 6.50. The first kappa shape index (κ1) is 16.1. The smallest absolute Gasteiger partial charge is 0.239 e. The summed E-state index contributed by atoms with van der Waals surface area (Å²) in [5.41, 5.74) is 6.72. The Hall–Kier alpha value is -0.970. The molecule has 0 bridgehead atoms. The molecule has 1 aromatic carbocycles. The van der Waals surface area contributed by atoms with Crippen LogP contribution in [0.25, 0.3) is 0 Å². The molecule has 106 valence electrons. The van der Waals surface area contributed by atoms with E-state index in [9.17, 15) is 4.79 Å². The Bertz CT molecular complexity index is 432. The first-order chi connectivity index (χ1) is 8.58. The molecular formula is C13H19Cl2N3O. The highest BCUT2D eigenvalue weighted by Gasteiger charge is 2.23. The van der Waals surface area contributed by atoms with Gasteiger partial charge in [0.05, 0.1) is 6.04 Å². The van der Waals surface area contributed by atoms with E-state index in [1.807, 2.05) is 29.2 Å². The summed E-state index contributed by atoms with van der Waals surface area (Å²) in [7, 11) is 0. The van der Waals surface area contributed by atoms with Gasteiger partial charge < -0.3 is 15.5 Å². The highest BCUT2D eigenvalue weighted by atomic mass is 35.5. The zero-order valence-corrected chi connectivity index (χ0v) is 12.5. The highest BCUT2D eigenvalue weighted by molar-refractivity contribution is 6.30. The number of carbonyl (C=O) groups is 1. The fourth-order valence-corrected chi connectivity index (χ4v) is 2.33. The van der Waals surface area contributed by atoms with Gasteiger partial charge in [-0.3, -0.25) is 4.79 Å². The molecule has 1 aliphatic heterocycles. The van der Waals surface area contributed by atoms with Gasteiger partial charge in [0.2, 0.25) is 5.91 Å².